The zero-order chi connectivity index (χ0) is 19.5. The molecule has 0 N–H and O–H groups in total. The SMILES string of the molecule is COc1cccc(-c2nn(-c3ccccc3)cc2C(=O)N2CCCC(C)C2)c1. The van der Waals surface area contributed by atoms with E-state index in [-0.39, 0.29) is 5.91 Å². The minimum atomic E-state index is 0.0477. The number of hydrogen-bond acceptors (Lipinski definition) is 3. The van der Waals surface area contributed by atoms with Gasteiger partial charge in [-0.3, -0.25) is 4.79 Å². The maximum absolute atomic E-state index is 13.4. The molecule has 1 aromatic heterocycles. The lowest BCUT2D eigenvalue weighted by atomic mass is 9.99. The maximum atomic E-state index is 13.4. The minimum absolute atomic E-state index is 0.0477. The Bertz CT molecular complexity index is 965. The quantitative estimate of drug-likeness (QED) is 0.678. The monoisotopic (exact) mass is 375 g/mol. The fourth-order valence-corrected chi connectivity index (χ4v) is 3.77. The van der Waals surface area contributed by atoms with Crippen molar-refractivity contribution < 1.29 is 9.53 Å². The molecule has 0 saturated carbocycles. The molecule has 1 unspecified atom stereocenters. The van der Waals surface area contributed by atoms with E-state index in [0.29, 0.717) is 17.2 Å². The third-order valence-corrected chi connectivity index (χ3v) is 5.25. The van der Waals surface area contributed by atoms with Crippen LogP contribution in [0.3, 0.4) is 0 Å². The number of carbonyl (C=O) groups excluding carboxylic acids is 1. The van der Waals surface area contributed by atoms with Crippen LogP contribution in [0, 0.1) is 5.92 Å². The number of hydrogen-bond donors (Lipinski definition) is 0. The first-order chi connectivity index (χ1) is 13.7. The molecule has 4 rings (SSSR count). The van der Waals surface area contributed by atoms with Gasteiger partial charge < -0.3 is 9.64 Å². The molecule has 2 aromatic carbocycles. The summed E-state index contributed by atoms with van der Waals surface area (Å²) in [7, 11) is 1.64. The van der Waals surface area contributed by atoms with E-state index in [2.05, 4.69) is 6.92 Å². The summed E-state index contributed by atoms with van der Waals surface area (Å²) in [5.41, 5.74) is 3.12. The predicted octanol–water partition coefficient (Wildman–Crippen LogP) is 4.42. The number of para-hydroxylation sites is 1. The Morgan fingerprint density at radius 2 is 1.96 bits per heavy atom. The molecule has 1 amide bonds. The smallest absolute Gasteiger partial charge is 0.257 e. The Morgan fingerprint density at radius 3 is 2.71 bits per heavy atom. The highest BCUT2D eigenvalue weighted by Gasteiger charge is 2.26. The highest BCUT2D eigenvalue weighted by Crippen LogP contribution is 2.29. The van der Waals surface area contributed by atoms with Crippen molar-refractivity contribution in [3.8, 4) is 22.7 Å². The van der Waals surface area contributed by atoms with Gasteiger partial charge in [-0.2, -0.15) is 5.10 Å². The average molecular weight is 375 g/mol. The Kier molecular flexibility index (Phi) is 5.15. The molecule has 1 atom stereocenters. The molecule has 144 valence electrons. The van der Waals surface area contributed by atoms with Crippen LogP contribution in [0.2, 0.25) is 0 Å². The zero-order valence-electron chi connectivity index (χ0n) is 16.3. The number of rotatable bonds is 4. The second-order valence-corrected chi connectivity index (χ2v) is 7.40. The van der Waals surface area contributed by atoms with Crippen molar-refractivity contribution in [2.75, 3.05) is 20.2 Å². The van der Waals surface area contributed by atoms with E-state index in [4.69, 9.17) is 9.84 Å². The van der Waals surface area contributed by atoms with Crippen molar-refractivity contribution in [1.82, 2.24) is 14.7 Å². The number of ether oxygens (including phenoxy) is 1. The van der Waals surface area contributed by atoms with Crippen LogP contribution in [0.5, 0.6) is 5.75 Å². The Labute approximate surface area is 165 Å². The molecule has 1 saturated heterocycles. The predicted molar refractivity (Wildman–Crippen MR) is 110 cm³/mol. The molecule has 0 radical (unpaired) electrons. The zero-order valence-corrected chi connectivity index (χ0v) is 16.3. The lowest BCUT2D eigenvalue weighted by molar-refractivity contribution is 0.0684. The van der Waals surface area contributed by atoms with Crippen LogP contribution >= 0.6 is 0 Å². The van der Waals surface area contributed by atoms with E-state index in [9.17, 15) is 4.79 Å². The Morgan fingerprint density at radius 1 is 1.14 bits per heavy atom. The van der Waals surface area contributed by atoms with Crippen molar-refractivity contribution in [2.24, 2.45) is 5.92 Å². The van der Waals surface area contributed by atoms with Gasteiger partial charge in [0, 0.05) is 24.8 Å². The Hall–Kier alpha value is -3.08. The molecule has 1 aliphatic heterocycles. The minimum Gasteiger partial charge on any atom is -0.497 e. The highest BCUT2D eigenvalue weighted by atomic mass is 16.5. The summed E-state index contributed by atoms with van der Waals surface area (Å²) in [5.74, 6) is 1.32. The first-order valence-corrected chi connectivity index (χ1v) is 9.74. The van der Waals surface area contributed by atoms with Gasteiger partial charge in [0.1, 0.15) is 11.4 Å². The number of methoxy groups -OCH3 is 1. The second kappa shape index (κ2) is 7.89. The summed E-state index contributed by atoms with van der Waals surface area (Å²) in [5, 5.41) is 4.77. The summed E-state index contributed by atoms with van der Waals surface area (Å²) in [6, 6.07) is 17.6. The van der Waals surface area contributed by atoms with E-state index in [1.807, 2.05) is 65.7 Å². The molecule has 5 nitrogen and oxygen atoms in total. The Balaban J connectivity index is 1.78. The van der Waals surface area contributed by atoms with Crippen molar-refractivity contribution >= 4 is 5.91 Å². The van der Waals surface area contributed by atoms with Crippen molar-refractivity contribution in [2.45, 2.75) is 19.8 Å². The third-order valence-electron chi connectivity index (χ3n) is 5.25. The number of likely N-dealkylation sites (tertiary alicyclic amines) is 1. The summed E-state index contributed by atoms with van der Waals surface area (Å²) < 4.78 is 7.16. The van der Waals surface area contributed by atoms with Crippen LogP contribution < -0.4 is 4.74 Å². The van der Waals surface area contributed by atoms with Gasteiger partial charge in [0.15, 0.2) is 0 Å². The number of piperidine rings is 1. The van der Waals surface area contributed by atoms with Gasteiger partial charge in [-0.05, 0) is 43.0 Å². The van der Waals surface area contributed by atoms with Crippen LogP contribution in [-0.2, 0) is 0 Å². The summed E-state index contributed by atoms with van der Waals surface area (Å²) in [6.07, 6.45) is 4.08. The molecular formula is C23H25N3O2. The van der Waals surface area contributed by atoms with Gasteiger partial charge in [-0.15, -0.1) is 0 Å². The second-order valence-electron chi connectivity index (χ2n) is 7.40. The lowest BCUT2D eigenvalue weighted by Crippen LogP contribution is -2.39. The molecule has 1 fully saturated rings. The number of amides is 1. The maximum Gasteiger partial charge on any atom is 0.257 e. The molecule has 2 heterocycles. The third kappa shape index (κ3) is 3.65. The number of benzene rings is 2. The van der Waals surface area contributed by atoms with E-state index in [1.54, 1.807) is 11.8 Å². The van der Waals surface area contributed by atoms with Gasteiger partial charge in [-0.25, -0.2) is 4.68 Å². The van der Waals surface area contributed by atoms with E-state index in [1.165, 1.54) is 6.42 Å². The first-order valence-electron chi connectivity index (χ1n) is 9.74. The van der Waals surface area contributed by atoms with Gasteiger partial charge in [-0.1, -0.05) is 37.3 Å². The van der Waals surface area contributed by atoms with Crippen molar-refractivity contribution in [3.63, 3.8) is 0 Å². The standard InChI is InChI=1S/C23H25N3O2/c1-17-8-7-13-25(15-17)23(27)21-16-26(19-10-4-3-5-11-19)24-22(21)18-9-6-12-20(14-18)28-2/h3-6,9-12,14,16-17H,7-8,13,15H2,1-2H3. The number of nitrogens with zero attached hydrogens (tertiary/aromatic N) is 3. The van der Waals surface area contributed by atoms with E-state index < -0.39 is 0 Å². The summed E-state index contributed by atoms with van der Waals surface area (Å²) in [6.45, 7) is 3.81. The molecule has 5 heteroatoms. The van der Waals surface area contributed by atoms with Crippen molar-refractivity contribution in [1.29, 1.82) is 0 Å². The molecule has 0 spiro atoms. The first kappa shape index (κ1) is 18.3. The van der Waals surface area contributed by atoms with Crippen LogP contribution in [0.1, 0.15) is 30.1 Å². The molecule has 3 aromatic rings. The van der Waals surface area contributed by atoms with Crippen LogP contribution in [-0.4, -0.2) is 40.8 Å². The van der Waals surface area contributed by atoms with Gasteiger partial charge in [0.25, 0.3) is 5.91 Å². The van der Waals surface area contributed by atoms with Gasteiger partial charge in [0.2, 0.25) is 0 Å². The van der Waals surface area contributed by atoms with E-state index in [0.717, 1.165) is 36.5 Å². The molecular weight excluding hydrogens is 350 g/mol. The molecule has 28 heavy (non-hydrogen) atoms. The van der Waals surface area contributed by atoms with Crippen LogP contribution in [0.4, 0.5) is 0 Å². The number of carbonyl (C=O) groups is 1. The van der Waals surface area contributed by atoms with Crippen LogP contribution in [0.15, 0.2) is 60.8 Å². The fourth-order valence-electron chi connectivity index (χ4n) is 3.77. The molecule has 0 bridgehead atoms. The van der Waals surface area contributed by atoms with Gasteiger partial charge in [0.05, 0.1) is 18.4 Å². The van der Waals surface area contributed by atoms with Gasteiger partial charge >= 0.3 is 0 Å². The summed E-state index contributed by atoms with van der Waals surface area (Å²) in [4.78, 5) is 15.3. The lowest BCUT2D eigenvalue weighted by Gasteiger charge is -2.30. The van der Waals surface area contributed by atoms with Crippen molar-refractivity contribution in [3.05, 3.63) is 66.4 Å². The largest absolute Gasteiger partial charge is 0.497 e. The molecule has 0 aliphatic carbocycles. The summed E-state index contributed by atoms with van der Waals surface area (Å²) >= 11 is 0. The normalized spacial score (nSPS) is 16.8. The fraction of sp³-hybridized carbons (Fsp3) is 0.304. The molecule has 1 aliphatic rings. The van der Waals surface area contributed by atoms with Crippen LogP contribution in [0.25, 0.3) is 16.9 Å². The van der Waals surface area contributed by atoms with E-state index >= 15 is 0 Å². The average Bonchev–Trinajstić information content (AvgIpc) is 3.19. The number of aromatic nitrogens is 2. The highest BCUT2D eigenvalue weighted by molar-refractivity contribution is 6.00. The topological polar surface area (TPSA) is 47.4 Å².